The molecule has 76 valence electrons. The summed E-state index contributed by atoms with van der Waals surface area (Å²) in [6.07, 6.45) is 0. The first kappa shape index (κ1) is 11.3. The van der Waals surface area contributed by atoms with Crippen molar-refractivity contribution in [3.63, 3.8) is 0 Å². The number of rotatable bonds is 3. The molecular weight excluding hydrogens is 210 g/mol. The van der Waals surface area contributed by atoms with Crippen molar-refractivity contribution in [2.75, 3.05) is 0 Å². The number of isothiocyanates is 1. The highest BCUT2D eigenvalue weighted by molar-refractivity contribution is 7.78. The average molecular weight is 219 g/mol. The second-order valence-electron chi connectivity index (χ2n) is 2.84. The molecule has 4 heteroatoms. The molecule has 0 atom stereocenters. The second-order valence-corrected chi connectivity index (χ2v) is 3.02. The molecule has 0 unspecified atom stereocenters. The lowest BCUT2D eigenvalue weighted by Gasteiger charge is -2.05. The zero-order chi connectivity index (χ0) is 11.3. The molecule has 0 aliphatic heterocycles. The van der Waals surface area contributed by atoms with Crippen LogP contribution in [0, 0.1) is 0 Å². The van der Waals surface area contributed by atoms with E-state index in [4.69, 9.17) is 4.74 Å². The predicted molar refractivity (Wildman–Crippen MR) is 61.6 cm³/mol. The fraction of sp³-hybridized carbons (Fsp3) is 0.0909. The van der Waals surface area contributed by atoms with Gasteiger partial charge in [-0.25, -0.2) is 4.79 Å². The summed E-state index contributed by atoms with van der Waals surface area (Å²) in [6, 6.07) is 6.82. The van der Waals surface area contributed by atoms with Gasteiger partial charge >= 0.3 is 5.97 Å². The molecule has 0 aliphatic carbocycles. The smallest absolute Gasteiger partial charge is 0.338 e. The highest BCUT2D eigenvalue weighted by Crippen LogP contribution is 2.26. The summed E-state index contributed by atoms with van der Waals surface area (Å²) in [5, 5.41) is 2.22. The number of ether oxygens (including phenoxy) is 1. The Labute approximate surface area is 93.1 Å². The number of hydrogen-bond acceptors (Lipinski definition) is 4. The van der Waals surface area contributed by atoms with Crippen LogP contribution in [0.4, 0.5) is 5.69 Å². The quantitative estimate of drug-likeness (QED) is 0.258. The van der Waals surface area contributed by atoms with Crippen LogP contribution in [0.15, 0.2) is 41.4 Å². The van der Waals surface area contributed by atoms with Gasteiger partial charge < -0.3 is 4.74 Å². The number of para-hydroxylation sites is 2. The Kier molecular flexibility index (Phi) is 3.92. The van der Waals surface area contributed by atoms with Crippen molar-refractivity contribution in [3.8, 4) is 5.75 Å². The van der Waals surface area contributed by atoms with Crippen LogP contribution in [-0.2, 0) is 4.79 Å². The Morgan fingerprint density at radius 2 is 2.20 bits per heavy atom. The zero-order valence-electron chi connectivity index (χ0n) is 8.19. The topological polar surface area (TPSA) is 38.7 Å². The summed E-state index contributed by atoms with van der Waals surface area (Å²) in [6.45, 7) is 5.06. The van der Waals surface area contributed by atoms with E-state index < -0.39 is 5.97 Å². The molecule has 0 aliphatic rings. The molecule has 1 aromatic rings. The van der Waals surface area contributed by atoms with Crippen LogP contribution in [0.2, 0.25) is 0 Å². The summed E-state index contributed by atoms with van der Waals surface area (Å²) in [4.78, 5) is 15.0. The maximum Gasteiger partial charge on any atom is 0.338 e. The molecule has 0 heterocycles. The van der Waals surface area contributed by atoms with Crippen molar-refractivity contribution < 1.29 is 9.53 Å². The van der Waals surface area contributed by atoms with Crippen LogP contribution in [0.5, 0.6) is 5.75 Å². The minimum absolute atomic E-state index is 0.330. The molecule has 15 heavy (non-hydrogen) atoms. The third kappa shape index (κ3) is 3.13. The van der Waals surface area contributed by atoms with Gasteiger partial charge in [0.2, 0.25) is 0 Å². The van der Waals surface area contributed by atoms with Crippen molar-refractivity contribution in [1.29, 1.82) is 0 Å². The molecule has 0 radical (unpaired) electrons. The standard InChI is InChI=1S/C11H9NO2S/c1-8(2)11(13)14-10-6-4-3-5-9(10)12-7-15/h3-6H,1H2,2H3. The van der Waals surface area contributed by atoms with E-state index in [0.29, 0.717) is 17.0 Å². The SMILES string of the molecule is C=C(C)C(=O)Oc1ccccc1N=C=S. The van der Waals surface area contributed by atoms with E-state index in [1.165, 1.54) is 0 Å². The number of carbonyl (C=O) groups excluding carboxylic acids is 1. The first-order chi connectivity index (χ1) is 7.15. The van der Waals surface area contributed by atoms with E-state index >= 15 is 0 Å². The van der Waals surface area contributed by atoms with Gasteiger partial charge in [0.25, 0.3) is 0 Å². The minimum atomic E-state index is -0.484. The normalized spacial score (nSPS) is 8.87. The number of aliphatic imine (C=N–C) groups is 1. The Hall–Kier alpha value is -1.77. The first-order valence-corrected chi connectivity index (χ1v) is 4.60. The summed E-state index contributed by atoms with van der Waals surface area (Å²) in [5.74, 6) is -0.134. The molecular formula is C11H9NO2S. The minimum Gasteiger partial charge on any atom is -0.421 e. The molecule has 0 fully saturated rings. The lowest BCUT2D eigenvalue weighted by Crippen LogP contribution is -2.08. The Morgan fingerprint density at radius 3 is 2.80 bits per heavy atom. The monoisotopic (exact) mass is 219 g/mol. The van der Waals surface area contributed by atoms with E-state index in [-0.39, 0.29) is 0 Å². The summed E-state index contributed by atoms with van der Waals surface area (Å²) >= 11 is 4.48. The fourth-order valence-corrected chi connectivity index (χ4v) is 0.970. The third-order valence-electron chi connectivity index (χ3n) is 1.58. The third-order valence-corrected chi connectivity index (χ3v) is 1.67. The second kappa shape index (κ2) is 5.20. The molecule has 0 N–H and O–H groups in total. The van der Waals surface area contributed by atoms with Crippen molar-refractivity contribution in [1.82, 2.24) is 0 Å². The maximum absolute atomic E-state index is 11.3. The van der Waals surface area contributed by atoms with Crippen molar-refractivity contribution in [2.24, 2.45) is 4.99 Å². The Balaban J connectivity index is 2.98. The van der Waals surface area contributed by atoms with E-state index in [0.717, 1.165) is 0 Å². The average Bonchev–Trinajstić information content (AvgIpc) is 2.21. The van der Waals surface area contributed by atoms with Gasteiger partial charge in [-0.1, -0.05) is 18.7 Å². The van der Waals surface area contributed by atoms with E-state index in [9.17, 15) is 4.79 Å². The summed E-state index contributed by atoms with van der Waals surface area (Å²) in [5.41, 5.74) is 0.804. The summed E-state index contributed by atoms with van der Waals surface area (Å²) < 4.78 is 5.04. The molecule has 3 nitrogen and oxygen atoms in total. The lowest BCUT2D eigenvalue weighted by molar-refractivity contribution is -0.130. The number of hydrogen-bond donors (Lipinski definition) is 0. The lowest BCUT2D eigenvalue weighted by atomic mass is 10.3. The van der Waals surface area contributed by atoms with Crippen LogP contribution >= 0.6 is 12.2 Å². The van der Waals surface area contributed by atoms with Gasteiger partial charge in [0.05, 0.1) is 5.16 Å². The number of esters is 1. The van der Waals surface area contributed by atoms with Gasteiger partial charge in [-0.15, -0.1) is 0 Å². The van der Waals surface area contributed by atoms with E-state index in [2.05, 4.69) is 29.0 Å². The molecule has 0 amide bonds. The molecule has 0 saturated carbocycles. The van der Waals surface area contributed by atoms with Crippen molar-refractivity contribution in [2.45, 2.75) is 6.92 Å². The highest BCUT2D eigenvalue weighted by atomic mass is 32.1. The number of benzene rings is 1. The number of carbonyl (C=O) groups is 1. The van der Waals surface area contributed by atoms with Gasteiger partial charge in [-0.2, -0.15) is 4.99 Å². The van der Waals surface area contributed by atoms with Crippen molar-refractivity contribution in [3.05, 3.63) is 36.4 Å². The number of thiocarbonyl (C=S) groups is 1. The molecule has 0 bridgehead atoms. The molecule has 1 aromatic carbocycles. The fourth-order valence-electron chi connectivity index (χ4n) is 0.872. The van der Waals surface area contributed by atoms with Crippen LogP contribution < -0.4 is 4.74 Å². The van der Waals surface area contributed by atoms with Crippen LogP contribution in [0.25, 0.3) is 0 Å². The van der Waals surface area contributed by atoms with Gasteiger partial charge in [0.1, 0.15) is 5.69 Å². The van der Waals surface area contributed by atoms with Crippen LogP contribution in [0.1, 0.15) is 6.92 Å². The maximum atomic E-state index is 11.3. The summed E-state index contributed by atoms with van der Waals surface area (Å²) in [7, 11) is 0. The van der Waals surface area contributed by atoms with Gasteiger partial charge in [0, 0.05) is 5.57 Å². The Bertz CT molecular complexity index is 448. The molecule has 0 saturated heterocycles. The van der Waals surface area contributed by atoms with Gasteiger partial charge in [0.15, 0.2) is 5.75 Å². The number of nitrogens with zero attached hydrogens (tertiary/aromatic N) is 1. The van der Waals surface area contributed by atoms with Crippen LogP contribution in [0.3, 0.4) is 0 Å². The molecule has 0 spiro atoms. The van der Waals surface area contributed by atoms with Gasteiger partial charge in [-0.3, -0.25) is 0 Å². The highest BCUT2D eigenvalue weighted by Gasteiger charge is 2.08. The predicted octanol–water partition coefficient (Wildman–Crippen LogP) is 2.90. The largest absolute Gasteiger partial charge is 0.421 e. The van der Waals surface area contributed by atoms with Gasteiger partial charge in [-0.05, 0) is 31.3 Å². The first-order valence-electron chi connectivity index (χ1n) is 4.19. The molecule has 0 aromatic heterocycles. The van der Waals surface area contributed by atoms with Crippen molar-refractivity contribution >= 4 is 29.0 Å². The van der Waals surface area contributed by atoms with E-state index in [1.54, 1.807) is 31.2 Å². The molecule has 1 rings (SSSR count). The van der Waals surface area contributed by atoms with E-state index in [1.807, 2.05) is 0 Å². The van der Waals surface area contributed by atoms with Crippen LogP contribution in [-0.4, -0.2) is 11.1 Å². The zero-order valence-corrected chi connectivity index (χ0v) is 9.00. The Morgan fingerprint density at radius 1 is 1.53 bits per heavy atom.